The lowest BCUT2D eigenvalue weighted by Crippen LogP contribution is -2.22. The van der Waals surface area contributed by atoms with E-state index in [1.165, 1.54) is 5.56 Å². The Labute approximate surface area is 117 Å². The van der Waals surface area contributed by atoms with Crippen LogP contribution in [0, 0.1) is 6.92 Å². The van der Waals surface area contributed by atoms with E-state index in [-0.39, 0.29) is 5.91 Å². The van der Waals surface area contributed by atoms with Gasteiger partial charge in [0.15, 0.2) is 0 Å². The average molecular weight is 274 g/mol. The largest absolute Gasteiger partial charge is 0.348 e. The second-order valence-electron chi connectivity index (χ2n) is 4.51. The van der Waals surface area contributed by atoms with Crippen LogP contribution >= 0.6 is 11.3 Å². The number of thiophene rings is 1. The molecule has 0 aliphatic heterocycles. The Morgan fingerprint density at radius 3 is 2.47 bits per heavy atom. The van der Waals surface area contributed by atoms with E-state index in [0.29, 0.717) is 13.1 Å². The standard InChI is InChI=1S/C15H18N2OS/c1-11-9-19-10-14(11)15(18)17-8-13-4-2-12(3-5-13)6-7-16/h2-5,9-10H,6-8,16H2,1H3,(H,17,18). The number of carbonyl (C=O) groups is 1. The molecule has 0 aliphatic carbocycles. The number of amides is 1. The van der Waals surface area contributed by atoms with Gasteiger partial charge in [0.1, 0.15) is 0 Å². The molecule has 0 atom stereocenters. The van der Waals surface area contributed by atoms with Crippen LogP contribution in [0.25, 0.3) is 0 Å². The lowest BCUT2D eigenvalue weighted by atomic mass is 10.1. The highest BCUT2D eigenvalue weighted by molar-refractivity contribution is 7.08. The third kappa shape index (κ3) is 3.66. The van der Waals surface area contributed by atoms with Crippen molar-refractivity contribution in [2.45, 2.75) is 19.9 Å². The molecule has 0 saturated heterocycles. The molecule has 2 rings (SSSR count). The third-order valence-electron chi connectivity index (χ3n) is 3.01. The molecule has 0 unspecified atom stereocenters. The van der Waals surface area contributed by atoms with Crippen molar-refractivity contribution in [2.24, 2.45) is 5.73 Å². The molecule has 0 bridgehead atoms. The molecule has 1 aromatic heterocycles. The van der Waals surface area contributed by atoms with Crippen LogP contribution in [0.2, 0.25) is 0 Å². The van der Waals surface area contributed by atoms with Crippen LogP contribution < -0.4 is 11.1 Å². The van der Waals surface area contributed by atoms with Crippen LogP contribution in [0.1, 0.15) is 27.0 Å². The normalized spacial score (nSPS) is 10.4. The van der Waals surface area contributed by atoms with Crippen LogP contribution in [-0.4, -0.2) is 12.5 Å². The van der Waals surface area contributed by atoms with Crippen molar-refractivity contribution in [1.29, 1.82) is 0 Å². The van der Waals surface area contributed by atoms with E-state index in [0.717, 1.165) is 23.1 Å². The molecular formula is C15H18N2OS. The summed E-state index contributed by atoms with van der Waals surface area (Å²) in [6.07, 6.45) is 0.890. The van der Waals surface area contributed by atoms with Gasteiger partial charge in [-0.2, -0.15) is 11.3 Å². The predicted octanol–water partition coefficient (Wildman–Crippen LogP) is 2.49. The third-order valence-corrected chi connectivity index (χ3v) is 3.87. The van der Waals surface area contributed by atoms with Gasteiger partial charge in [0.2, 0.25) is 0 Å². The van der Waals surface area contributed by atoms with E-state index in [1.807, 2.05) is 29.8 Å². The monoisotopic (exact) mass is 274 g/mol. The van der Waals surface area contributed by atoms with E-state index < -0.39 is 0 Å². The Morgan fingerprint density at radius 1 is 1.21 bits per heavy atom. The fourth-order valence-corrected chi connectivity index (χ4v) is 2.69. The molecule has 3 N–H and O–H groups in total. The molecule has 1 aromatic carbocycles. The van der Waals surface area contributed by atoms with Gasteiger partial charge in [0.25, 0.3) is 5.91 Å². The van der Waals surface area contributed by atoms with Gasteiger partial charge in [0.05, 0.1) is 5.56 Å². The van der Waals surface area contributed by atoms with Gasteiger partial charge in [0, 0.05) is 11.9 Å². The van der Waals surface area contributed by atoms with Crippen molar-refractivity contribution in [3.63, 3.8) is 0 Å². The van der Waals surface area contributed by atoms with Crippen LogP contribution in [0.15, 0.2) is 35.0 Å². The molecule has 2 aromatic rings. The first kappa shape index (κ1) is 13.8. The number of hydrogen-bond acceptors (Lipinski definition) is 3. The maximum atomic E-state index is 11.9. The minimum Gasteiger partial charge on any atom is -0.348 e. The summed E-state index contributed by atoms with van der Waals surface area (Å²) in [5.74, 6) is -0.00946. The van der Waals surface area contributed by atoms with Gasteiger partial charge in [-0.05, 0) is 42.0 Å². The van der Waals surface area contributed by atoms with E-state index in [4.69, 9.17) is 5.73 Å². The van der Waals surface area contributed by atoms with Gasteiger partial charge in [-0.1, -0.05) is 24.3 Å². The number of benzene rings is 1. The molecule has 19 heavy (non-hydrogen) atoms. The molecule has 1 heterocycles. The Bertz CT molecular complexity index is 546. The number of rotatable bonds is 5. The van der Waals surface area contributed by atoms with Crippen LogP contribution in [0.4, 0.5) is 0 Å². The Hall–Kier alpha value is -1.65. The zero-order valence-electron chi connectivity index (χ0n) is 11.0. The summed E-state index contributed by atoms with van der Waals surface area (Å²) >= 11 is 1.55. The fourth-order valence-electron chi connectivity index (χ4n) is 1.86. The Balaban J connectivity index is 1.92. The zero-order chi connectivity index (χ0) is 13.7. The van der Waals surface area contributed by atoms with Crippen LogP contribution in [0.3, 0.4) is 0 Å². The molecule has 0 fully saturated rings. The molecule has 0 saturated carbocycles. The predicted molar refractivity (Wildman–Crippen MR) is 79.4 cm³/mol. The topological polar surface area (TPSA) is 55.1 Å². The smallest absolute Gasteiger partial charge is 0.252 e. The van der Waals surface area contributed by atoms with Crippen LogP contribution in [-0.2, 0) is 13.0 Å². The van der Waals surface area contributed by atoms with Gasteiger partial charge in [-0.3, -0.25) is 4.79 Å². The molecule has 3 nitrogen and oxygen atoms in total. The van der Waals surface area contributed by atoms with Gasteiger partial charge < -0.3 is 11.1 Å². The van der Waals surface area contributed by atoms with Crippen molar-refractivity contribution >= 4 is 17.2 Å². The summed E-state index contributed by atoms with van der Waals surface area (Å²) < 4.78 is 0. The summed E-state index contributed by atoms with van der Waals surface area (Å²) in [7, 11) is 0. The fraction of sp³-hybridized carbons (Fsp3) is 0.267. The quantitative estimate of drug-likeness (QED) is 0.880. The van der Waals surface area contributed by atoms with Crippen molar-refractivity contribution in [2.75, 3.05) is 6.54 Å². The minimum absolute atomic E-state index is 0.00946. The molecule has 4 heteroatoms. The summed E-state index contributed by atoms with van der Waals surface area (Å²) in [6, 6.07) is 8.19. The molecule has 1 amide bonds. The van der Waals surface area contributed by atoms with Crippen molar-refractivity contribution < 1.29 is 4.79 Å². The Morgan fingerprint density at radius 2 is 1.89 bits per heavy atom. The molecule has 0 spiro atoms. The maximum absolute atomic E-state index is 11.9. The summed E-state index contributed by atoms with van der Waals surface area (Å²) in [5, 5.41) is 6.80. The second kappa shape index (κ2) is 6.50. The first-order valence-electron chi connectivity index (χ1n) is 6.29. The molecule has 0 radical (unpaired) electrons. The molecular weight excluding hydrogens is 256 g/mol. The maximum Gasteiger partial charge on any atom is 0.252 e. The average Bonchev–Trinajstić information content (AvgIpc) is 2.84. The number of aryl methyl sites for hydroxylation is 1. The molecule has 100 valence electrons. The lowest BCUT2D eigenvalue weighted by molar-refractivity contribution is 0.0951. The van der Waals surface area contributed by atoms with Gasteiger partial charge >= 0.3 is 0 Å². The summed E-state index contributed by atoms with van der Waals surface area (Å²) in [5.41, 5.74) is 9.63. The van der Waals surface area contributed by atoms with Crippen molar-refractivity contribution in [3.8, 4) is 0 Å². The number of nitrogens with two attached hydrogens (primary N) is 1. The van der Waals surface area contributed by atoms with E-state index in [1.54, 1.807) is 11.3 Å². The number of nitrogens with one attached hydrogen (secondary N) is 1. The molecule has 0 aliphatic rings. The number of carbonyl (C=O) groups excluding carboxylic acids is 1. The highest BCUT2D eigenvalue weighted by Gasteiger charge is 2.08. The minimum atomic E-state index is -0.00946. The highest BCUT2D eigenvalue weighted by Crippen LogP contribution is 2.13. The van der Waals surface area contributed by atoms with E-state index >= 15 is 0 Å². The SMILES string of the molecule is Cc1cscc1C(=O)NCc1ccc(CCN)cc1. The van der Waals surface area contributed by atoms with Crippen molar-refractivity contribution in [3.05, 3.63) is 57.3 Å². The lowest BCUT2D eigenvalue weighted by Gasteiger charge is -2.06. The first-order chi connectivity index (χ1) is 9.20. The van der Waals surface area contributed by atoms with Crippen LogP contribution in [0.5, 0.6) is 0 Å². The van der Waals surface area contributed by atoms with Crippen molar-refractivity contribution in [1.82, 2.24) is 5.32 Å². The second-order valence-corrected chi connectivity index (χ2v) is 5.25. The number of hydrogen-bond donors (Lipinski definition) is 2. The summed E-state index contributed by atoms with van der Waals surface area (Å²) in [6.45, 7) is 3.16. The van der Waals surface area contributed by atoms with E-state index in [9.17, 15) is 4.79 Å². The van der Waals surface area contributed by atoms with Gasteiger partial charge in [-0.25, -0.2) is 0 Å². The highest BCUT2D eigenvalue weighted by atomic mass is 32.1. The first-order valence-corrected chi connectivity index (χ1v) is 7.24. The Kier molecular flexibility index (Phi) is 4.71. The zero-order valence-corrected chi connectivity index (χ0v) is 11.8. The summed E-state index contributed by atoms with van der Waals surface area (Å²) in [4.78, 5) is 11.9. The van der Waals surface area contributed by atoms with E-state index in [2.05, 4.69) is 17.4 Å². The van der Waals surface area contributed by atoms with Gasteiger partial charge in [-0.15, -0.1) is 0 Å².